The summed E-state index contributed by atoms with van der Waals surface area (Å²) in [6.45, 7) is 0. The molecule has 0 aliphatic heterocycles. The van der Waals surface area contributed by atoms with Crippen molar-refractivity contribution in [2.45, 2.75) is 18.9 Å². The highest BCUT2D eigenvalue weighted by molar-refractivity contribution is 7.22. The van der Waals surface area contributed by atoms with E-state index in [4.69, 9.17) is 9.97 Å². The van der Waals surface area contributed by atoms with Crippen LogP contribution in [0.1, 0.15) is 12.8 Å². The Hall–Kier alpha value is -3.85. The molecule has 0 spiro atoms. The maximum Gasteiger partial charge on any atom is 0.199 e. The van der Waals surface area contributed by atoms with Crippen LogP contribution in [0.5, 0.6) is 0 Å². The predicted molar refractivity (Wildman–Crippen MR) is 133 cm³/mol. The average molecular weight is 470 g/mol. The summed E-state index contributed by atoms with van der Waals surface area (Å²) in [7, 11) is 3.86. The van der Waals surface area contributed by atoms with E-state index in [1.165, 1.54) is 0 Å². The third-order valence-electron chi connectivity index (χ3n) is 6.31. The van der Waals surface area contributed by atoms with Gasteiger partial charge in [-0.15, -0.1) is 11.3 Å². The minimum atomic E-state index is 0.117. The van der Waals surface area contributed by atoms with Crippen molar-refractivity contribution in [3.05, 3.63) is 55.1 Å². The molecule has 5 aromatic rings. The van der Waals surface area contributed by atoms with E-state index >= 15 is 0 Å². The third-order valence-corrected chi connectivity index (χ3v) is 7.44. The van der Waals surface area contributed by atoms with Crippen molar-refractivity contribution >= 4 is 33.7 Å². The molecule has 0 bridgehead atoms. The molecule has 170 valence electrons. The maximum atomic E-state index is 11.2. The quantitative estimate of drug-likeness (QED) is 0.367. The van der Waals surface area contributed by atoms with Crippen LogP contribution in [0.15, 0.2) is 55.1 Å². The Morgan fingerprint density at radius 1 is 1.12 bits per heavy atom. The lowest BCUT2D eigenvalue weighted by Gasteiger charge is -2.32. The molecule has 0 saturated heterocycles. The molecule has 1 N–H and O–H groups in total. The van der Waals surface area contributed by atoms with Crippen LogP contribution in [-0.2, 0) is 18.9 Å². The second kappa shape index (κ2) is 8.18. The fraction of sp³-hybridized carbons (Fsp3) is 0.240. The van der Waals surface area contributed by atoms with E-state index in [0.29, 0.717) is 11.6 Å². The number of benzene rings is 1. The second-order valence-electron chi connectivity index (χ2n) is 8.72. The highest BCUT2D eigenvalue weighted by Gasteiger charge is 2.31. The van der Waals surface area contributed by atoms with Gasteiger partial charge in [-0.25, -0.2) is 15.0 Å². The molecule has 1 aliphatic rings. The lowest BCUT2D eigenvalue weighted by atomic mass is 9.81. The Kier molecular flexibility index (Phi) is 4.99. The van der Waals surface area contributed by atoms with Crippen molar-refractivity contribution < 1.29 is 4.79 Å². The van der Waals surface area contributed by atoms with E-state index in [2.05, 4.69) is 27.5 Å². The molecular formula is C25H23N7OS. The number of carbonyl (C=O) groups is 1. The van der Waals surface area contributed by atoms with Gasteiger partial charge in [0.15, 0.2) is 11.6 Å². The molecule has 9 heteroatoms. The van der Waals surface area contributed by atoms with Crippen LogP contribution in [0.25, 0.3) is 43.4 Å². The summed E-state index contributed by atoms with van der Waals surface area (Å²) < 4.78 is 3.73. The summed E-state index contributed by atoms with van der Waals surface area (Å²) in [6.07, 6.45) is 10.2. The van der Waals surface area contributed by atoms with E-state index in [0.717, 1.165) is 56.7 Å². The average Bonchev–Trinajstić information content (AvgIpc) is 3.54. The number of anilines is 1. The van der Waals surface area contributed by atoms with Gasteiger partial charge in [0, 0.05) is 60.6 Å². The largest absolute Gasteiger partial charge is 0.367 e. The van der Waals surface area contributed by atoms with Gasteiger partial charge in [-0.3, -0.25) is 4.68 Å². The molecule has 1 fully saturated rings. The molecule has 0 amide bonds. The van der Waals surface area contributed by atoms with Gasteiger partial charge in [0.1, 0.15) is 16.9 Å². The first-order chi connectivity index (χ1) is 16.6. The number of thiophene rings is 1. The van der Waals surface area contributed by atoms with E-state index in [1.54, 1.807) is 17.5 Å². The zero-order chi connectivity index (χ0) is 23.2. The molecule has 1 saturated carbocycles. The van der Waals surface area contributed by atoms with Crippen molar-refractivity contribution in [1.82, 2.24) is 29.3 Å². The summed E-state index contributed by atoms with van der Waals surface area (Å²) in [6, 6.07) is 10.5. The summed E-state index contributed by atoms with van der Waals surface area (Å²) >= 11 is 1.64. The number of hydrogen-bond acceptors (Lipinski definition) is 7. The monoisotopic (exact) mass is 469 g/mol. The summed E-state index contributed by atoms with van der Waals surface area (Å²) in [5, 5.41) is 9.02. The standard InChI is InChI=1S/C25H23N7OS/c1-31-9-8-26-24(31)23-29-22(28-18-10-15(11-18)14-33)20-19(16-6-4-3-5-7-16)21(34-25(20)30-23)17-12-27-32(2)13-17/h3-9,12-15,18H,10-11H2,1-2H3,(H,28,29,30). The Balaban J connectivity index is 1.60. The molecule has 6 rings (SSSR count). The second-order valence-corrected chi connectivity index (χ2v) is 9.72. The fourth-order valence-electron chi connectivity index (χ4n) is 4.49. The van der Waals surface area contributed by atoms with E-state index in [1.807, 2.05) is 60.1 Å². The van der Waals surface area contributed by atoms with Gasteiger partial charge >= 0.3 is 0 Å². The lowest BCUT2D eigenvalue weighted by molar-refractivity contribution is -0.113. The summed E-state index contributed by atoms with van der Waals surface area (Å²) in [4.78, 5) is 27.6. The van der Waals surface area contributed by atoms with Gasteiger partial charge in [0.2, 0.25) is 0 Å². The Bertz CT molecular complexity index is 1490. The Labute approximate surface area is 200 Å². The number of aromatic nitrogens is 6. The number of rotatable bonds is 6. The Morgan fingerprint density at radius 2 is 1.94 bits per heavy atom. The van der Waals surface area contributed by atoms with Crippen molar-refractivity contribution in [3.63, 3.8) is 0 Å². The minimum absolute atomic E-state index is 0.117. The van der Waals surface area contributed by atoms with Crippen LogP contribution in [0.4, 0.5) is 5.82 Å². The van der Waals surface area contributed by atoms with Crippen molar-refractivity contribution in [2.75, 3.05) is 5.32 Å². The molecule has 4 heterocycles. The van der Waals surface area contributed by atoms with Crippen LogP contribution in [0.2, 0.25) is 0 Å². The maximum absolute atomic E-state index is 11.2. The summed E-state index contributed by atoms with van der Waals surface area (Å²) in [5.41, 5.74) is 3.23. The molecule has 1 aliphatic carbocycles. The molecular weight excluding hydrogens is 446 g/mol. The lowest BCUT2D eigenvalue weighted by Crippen LogP contribution is -2.36. The first kappa shape index (κ1) is 20.7. The zero-order valence-electron chi connectivity index (χ0n) is 18.8. The number of aryl methyl sites for hydroxylation is 2. The first-order valence-corrected chi connectivity index (χ1v) is 12.0. The van der Waals surface area contributed by atoms with Crippen molar-refractivity contribution in [1.29, 1.82) is 0 Å². The summed E-state index contributed by atoms with van der Waals surface area (Å²) in [5.74, 6) is 2.18. The SMILES string of the molecule is Cn1cc(-c2sc3nc(-c4nccn4C)nc(NC4CC(C=O)C4)c3c2-c2ccccc2)cn1. The van der Waals surface area contributed by atoms with E-state index < -0.39 is 0 Å². The minimum Gasteiger partial charge on any atom is -0.367 e. The van der Waals surface area contributed by atoms with Gasteiger partial charge in [-0.1, -0.05) is 30.3 Å². The number of hydrogen-bond donors (Lipinski definition) is 1. The van der Waals surface area contributed by atoms with Crippen molar-refractivity contribution in [2.24, 2.45) is 20.0 Å². The molecule has 4 aromatic heterocycles. The van der Waals surface area contributed by atoms with Gasteiger partial charge in [-0.2, -0.15) is 5.10 Å². The van der Waals surface area contributed by atoms with Crippen molar-refractivity contribution in [3.8, 4) is 33.2 Å². The van der Waals surface area contributed by atoms with Gasteiger partial charge < -0.3 is 14.7 Å². The molecule has 0 radical (unpaired) electrons. The van der Waals surface area contributed by atoms with Gasteiger partial charge in [-0.05, 0) is 18.4 Å². The third kappa shape index (κ3) is 3.49. The normalized spacial score (nSPS) is 17.6. The number of aldehydes is 1. The highest BCUT2D eigenvalue weighted by Crippen LogP contribution is 2.47. The first-order valence-electron chi connectivity index (χ1n) is 11.2. The van der Waals surface area contributed by atoms with Gasteiger partial charge in [0.25, 0.3) is 0 Å². The topological polar surface area (TPSA) is 90.5 Å². The molecule has 1 aromatic carbocycles. The Morgan fingerprint density at radius 3 is 2.62 bits per heavy atom. The number of imidazole rings is 1. The number of nitrogens with one attached hydrogen (secondary N) is 1. The van der Waals surface area contributed by atoms with Crippen LogP contribution in [-0.4, -0.2) is 41.6 Å². The van der Waals surface area contributed by atoms with Crippen LogP contribution < -0.4 is 5.32 Å². The van der Waals surface area contributed by atoms with E-state index in [-0.39, 0.29) is 12.0 Å². The highest BCUT2D eigenvalue weighted by atomic mass is 32.1. The number of fused-ring (bicyclic) bond motifs is 1. The van der Waals surface area contributed by atoms with E-state index in [9.17, 15) is 4.79 Å². The molecule has 34 heavy (non-hydrogen) atoms. The van der Waals surface area contributed by atoms with Crippen LogP contribution in [0, 0.1) is 5.92 Å². The zero-order valence-corrected chi connectivity index (χ0v) is 19.7. The number of nitrogens with zero attached hydrogens (tertiary/aromatic N) is 6. The number of carbonyl (C=O) groups excluding carboxylic acids is 1. The van der Waals surface area contributed by atoms with Crippen LogP contribution >= 0.6 is 11.3 Å². The predicted octanol–water partition coefficient (Wildman–Crippen LogP) is 4.55. The molecule has 0 atom stereocenters. The van der Waals surface area contributed by atoms with Gasteiger partial charge in [0.05, 0.1) is 11.6 Å². The fourth-order valence-corrected chi connectivity index (χ4v) is 5.66. The smallest absolute Gasteiger partial charge is 0.199 e. The molecule has 8 nitrogen and oxygen atoms in total. The molecule has 0 unspecified atom stereocenters. The van der Waals surface area contributed by atoms with Crippen LogP contribution in [0.3, 0.4) is 0 Å².